The number of allylic oxidation sites excluding steroid dienone is 4. The van der Waals surface area contributed by atoms with E-state index in [9.17, 15) is 19.0 Å². The lowest BCUT2D eigenvalue weighted by Gasteiger charge is -2.19. The number of hydrogen-bond donors (Lipinski definition) is 2. The maximum Gasteiger partial charge on any atom is 0.472 e. The maximum absolute atomic E-state index is 12.5. The molecule has 296 valence electrons. The molecule has 4 atom stereocenters. The third kappa shape index (κ3) is 30.4. The molecule has 1 aliphatic heterocycles. The number of carbonyl (C=O) groups is 2. The largest absolute Gasteiger partial charge is 0.472 e. The SMILES string of the molecule is CCCCC/C=C\CC1OC1C/C=C\C/C=C\CCCC(=O)OC[C@H](COP(=O)(O)OCCN)OC(=O)CCCCCCCCCCCCCC. The van der Waals surface area contributed by atoms with Crippen LogP contribution >= 0.6 is 7.82 Å². The Balaban J connectivity index is 2.24. The maximum atomic E-state index is 12.5. The van der Waals surface area contributed by atoms with Crippen molar-refractivity contribution in [1.29, 1.82) is 0 Å². The molecule has 11 heteroatoms. The van der Waals surface area contributed by atoms with Crippen molar-refractivity contribution in [2.45, 2.75) is 180 Å². The Hall–Kier alpha value is -1.81. The van der Waals surface area contributed by atoms with Gasteiger partial charge in [-0.1, -0.05) is 134 Å². The summed E-state index contributed by atoms with van der Waals surface area (Å²) in [4.78, 5) is 34.7. The molecule has 10 nitrogen and oxygen atoms in total. The van der Waals surface area contributed by atoms with E-state index in [1.165, 1.54) is 70.6 Å². The summed E-state index contributed by atoms with van der Waals surface area (Å²) in [7, 11) is -4.39. The molecule has 0 aliphatic carbocycles. The average molecular weight is 742 g/mol. The van der Waals surface area contributed by atoms with E-state index < -0.39 is 32.5 Å². The van der Waals surface area contributed by atoms with Crippen LogP contribution in [-0.2, 0) is 37.4 Å². The Kier molecular flexibility index (Phi) is 30.4. The van der Waals surface area contributed by atoms with Gasteiger partial charge in [0.1, 0.15) is 6.61 Å². The lowest BCUT2D eigenvalue weighted by molar-refractivity contribution is -0.161. The van der Waals surface area contributed by atoms with Crippen LogP contribution in [0.4, 0.5) is 0 Å². The van der Waals surface area contributed by atoms with Crippen LogP contribution in [0.1, 0.15) is 162 Å². The minimum absolute atomic E-state index is 0.0443. The molecule has 0 aromatic heterocycles. The van der Waals surface area contributed by atoms with Crippen LogP contribution in [-0.4, -0.2) is 61.5 Å². The van der Waals surface area contributed by atoms with Gasteiger partial charge in [0.25, 0.3) is 0 Å². The van der Waals surface area contributed by atoms with Crippen LogP contribution in [0.15, 0.2) is 36.5 Å². The second kappa shape index (κ2) is 32.8. The molecule has 0 aromatic carbocycles. The van der Waals surface area contributed by atoms with E-state index in [2.05, 4.69) is 44.2 Å². The summed E-state index contributed by atoms with van der Waals surface area (Å²) >= 11 is 0. The van der Waals surface area contributed by atoms with Crippen molar-refractivity contribution in [2.24, 2.45) is 5.73 Å². The van der Waals surface area contributed by atoms with E-state index >= 15 is 0 Å². The van der Waals surface area contributed by atoms with Crippen LogP contribution in [0.2, 0.25) is 0 Å². The highest BCUT2D eigenvalue weighted by atomic mass is 31.2. The molecule has 51 heavy (non-hydrogen) atoms. The van der Waals surface area contributed by atoms with Gasteiger partial charge in [-0.3, -0.25) is 18.6 Å². The Labute approximate surface area is 309 Å². The van der Waals surface area contributed by atoms with Gasteiger partial charge >= 0.3 is 19.8 Å². The van der Waals surface area contributed by atoms with E-state index in [-0.39, 0.29) is 32.6 Å². The normalized spacial score (nSPS) is 17.7. The Bertz CT molecular complexity index is 1000. The molecule has 3 unspecified atom stereocenters. The third-order valence-corrected chi connectivity index (χ3v) is 9.67. The number of epoxide rings is 1. The van der Waals surface area contributed by atoms with Crippen molar-refractivity contribution >= 4 is 19.8 Å². The van der Waals surface area contributed by atoms with Crippen molar-refractivity contribution < 1.29 is 42.3 Å². The van der Waals surface area contributed by atoms with E-state index in [4.69, 9.17) is 29.0 Å². The van der Waals surface area contributed by atoms with Crippen molar-refractivity contribution in [3.05, 3.63) is 36.5 Å². The lowest BCUT2D eigenvalue weighted by atomic mass is 10.0. The lowest BCUT2D eigenvalue weighted by Crippen LogP contribution is -2.29. The summed E-state index contributed by atoms with van der Waals surface area (Å²) in [5.41, 5.74) is 5.33. The van der Waals surface area contributed by atoms with Crippen LogP contribution < -0.4 is 5.73 Å². The van der Waals surface area contributed by atoms with Crippen LogP contribution in [0, 0.1) is 0 Å². The first-order chi connectivity index (χ1) is 24.8. The predicted octanol–water partition coefficient (Wildman–Crippen LogP) is 9.98. The van der Waals surface area contributed by atoms with Gasteiger partial charge in [0.2, 0.25) is 0 Å². The molecule has 0 spiro atoms. The van der Waals surface area contributed by atoms with Crippen LogP contribution in [0.3, 0.4) is 0 Å². The van der Waals surface area contributed by atoms with E-state index in [0.717, 1.165) is 51.4 Å². The Morgan fingerprint density at radius 3 is 1.86 bits per heavy atom. The number of hydrogen-bond acceptors (Lipinski definition) is 9. The van der Waals surface area contributed by atoms with Crippen LogP contribution in [0.5, 0.6) is 0 Å². The number of carbonyl (C=O) groups excluding carboxylic acids is 2. The molecule has 0 saturated carbocycles. The molecule has 1 saturated heterocycles. The monoisotopic (exact) mass is 741 g/mol. The highest BCUT2D eigenvalue weighted by Gasteiger charge is 2.36. The minimum Gasteiger partial charge on any atom is -0.462 e. The quantitative estimate of drug-likeness (QED) is 0.0209. The second-order valence-corrected chi connectivity index (χ2v) is 15.0. The van der Waals surface area contributed by atoms with Gasteiger partial charge in [-0.05, 0) is 51.4 Å². The predicted molar refractivity (Wildman–Crippen MR) is 205 cm³/mol. The average Bonchev–Trinajstić information content (AvgIpc) is 3.87. The first-order valence-electron chi connectivity index (χ1n) is 20.1. The number of esters is 2. The third-order valence-electron chi connectivity index (χ3n) is 8.68. The fourth-order valence-electron chi connectivity index (χ4n) is 5.55. The molecule has 1 heterocycles. The van der Waals surface area contributed by atoms with E-state index in [1.54, 1.807) is 0 Å². The summed E-state index contributed by atoms with van der Waals surface area (Å²) in [6.07, 6.45) is 36.4. The molecule has 1 aliphatic rings. The zero-order chi connectivity index (χ0) is 37.3. The fourth-order valence-corrected chi connectivity index (χ4v) is 6.32. The highest BCUT2D eigenvalue weighted by Crippen LogP contribution is 2.43. The topological polar surface area (TPSA) is 147 Å². The molecule has 0 amide bonds. The molecule has 1 rings (SSSR count). The standard InChI is InChI=1S/C40H72NO9P/c1-3-5-7-9-11-12-13-14-15-18-23-27-31-40(43)49-36(35-48-51(44,45)47-33-32-41)34-46-39(42)30-26-22-19-16-17-21-25-29-38-37(50-38)28-24-20-10-8-6-4-2/h16,19-21,24-25,36-38H,3-15,17-18,22-23,26-35,41H2,1-2H3,(H,44,45)/b19-16-,24-20-,25-21-/t36-,37?,38?/m1/s1. The van der Waals surface area contributed by atoms with Gasteiger partial charge in [0, 0.05) is 19.4 Å². The van der Waals surface area contributed by atoms with Crippen molar-refractivity contribution in [3.63, 3.8) is 0 Å². The van der Waals surface area contributed by atoms with Gasteiger partial charge in [-0.15, -0.1) is 0 Å². The summed E-state index contributed by atoms with van der Waals surface area (Å²) in [5, 5.41) is 0. The molecule has 0 bridgehead atoms. The molecule has 3 N–H and O–H groups in total. The van der Waals surface area contributed by atoms with Gasteiger partial charge in [-0.25, -0.2) is 4.57 Å². The minimum atomic E-state index is -4.39. The van der Waals surface area contributed by atoms with Gasteiger partial charge < -0.3 is 24.8 Å². The molecule has 0 aromatic rings. The smallest absolute Gasteiger partial charge is 0.462 e. The van der Waals surface area contributed by atoms with Crippen molar-refractivity contribution in [2.75, 3.05) is 26.4 Å². The molecular formula is C40H72NO9P. The number of nitrogens with two attached hydrogens (primary N) is 1. The number of ether oxygens (including phenoxy) is 3. The zero-order valence-corrected chi connectivity index (χ0v) is 32.9. The second-order valence-electron chi connectivity index (χ2n) is 13.5. The van der Waals surface area contributed by atoms with Gasteiger partial charge in [0.15, 0.2) is 6.10 Å². The van der Waals surface area contributed by atoms with Crippen molar-refractivity contribution in [1.82, 2.24) is 0 Å². The van der Waals surface area contributed by atoms with Gasteiger partial charge in [-0.2, -0.15) is 0 Å². The van der Waals surface area contributed by atoms with Gasteiger partial charge in [0.05, 0.1) is 25.4 Å². The first kappa shape index (κ1) is 47.2. The highest BCUT2D eigenvalue weighted by molar-refractivity contribution is 7.47. The summed E-state index contributed by atoms with van der Waals surface area (Å²) in [5.74, 6) is -0.900. The molecule has 1 fully saturated rings. The molecule has 0 radical (unpaired) electrons. The number of rotatable bonds is 36. The summed E-state index contributed by atoms with van der Waals surface area (Å²) < 4.78 is 38.4. The number of phosphoric acid groups is 1. The van der Waals surface area contributed by atoms with E-state index in [0.29, 0.717) is 25.0 Å². The Morgan fingerprint density at radius 2 is 1.22 bits per heavy atom. The number of phosphoric ester groups is 1. The Morgan fingerprint density at radius 1 is 0.686 bits per heavy atom. The first-order valence-corrected chi connectivity index (χ1v) is 21.6. The number of unbranched alkanes of at least 4 members (excludes halogenated alkanes) is 15. The zero-order valence-electron chi connectivity index (χ0n) is 32.0. The van der Waals surface area contributed by atoms with E-state index in [1.807, 2.05) is 6.08 Å². The van der Waals surface area contributed by atoms with Crippen molar-refractivity contribution in [3.8, 4) is 0 Å². The fraction of sp³-hybridized carbons (Fsp3) is 0.800. The van der Waals surface area contributed by atoms with Crippen LogP contribution in [0.25, 0.3) is 0 Å². The molecular weight excluding hydrogens is 669 g/mol. The summed E-state index contributed by atoms with van der Waals surface area (Å²) in [6, 6.07) is 0. The summed E-state index contributed by atoms with van der Waals surface area (Å²) in [6.45, 7) is 3.61.